The van der Waals surface area contributed by atoms with Crippen LogP contribution in [-0.4, -0.2) is 34.0 Å². The van der Waals surface area contributed by atoms with E-state index in [2.05, 4.69) is 4.98 Å². The molecule has 4 aromatic carbocycles. The van der Waals surface area contributed by atoms with Gasteiger partial charge in [0.1, 0.15) is 0 Å². The number of carbonyl (C=O) groups is 2. The Balaban J connectivity index is 0.000000182. The Labute approximate surface area is 284 Å². The van der Waals surface area contributed by atoms with Gasteiger partial charge in [-0.2, -0.15) is 11.1 Å². The van der Waals surface area contributed by atoms with Gasteiger partial charge < -0.3 is 9.55 Å². The number of Topliss-reactive ketones (excluding diaryl/α,β-unsaturated/α-hetero) is 2. The second-order valence-electron chi connectivity index (χ2n) is 11.6. The van der Waals surface area contributed by atoms with Crippen molar-refractivity contribution in [3.63, 3.8) is 0 Å². The number of hydrogen-bond donors (Lipinski definition) is 1. The number of rotatable bonds is 5. The van der Waals surface area contributed by atoms with E-state index in [1.807, 2.05) is 122 Å². The SMILES string of the molecule is CC(=O)c1c(-c2ccccc2)c2ccccc2[nH]c1=O.CC(=O)c1c(-c2ccccc2)c2ccccc2n(C)c1=O.C[Si](C)(Cl)CCl. The molecule has 2 aromatic heterocycles. The Morgan fingerprint density at radius 2 is 1.11 bits per heavy atom. The van der Waals surface area contributed by atoms with Crippen molar-refractivity contribution in [2.24, 2.45) is 7.05 Å². The highest BCUT2D eigenvalue weighted by atomic mass is 35.6. The molecule has 240 valence electrons. The molecule has 0 bridgehead atoms. The average molecular weight is 684 g/mol. The van der Waals surface area contributed by atoms with E-state index in [-0.39, 0.29) is 33.8 Å². The number of alkyl halides is 1. The molecule has 1 N–H and O–H groups in total. The molecule has 6 aromatic rings. The molecule has 0 amide bonds. The summed E-state index contributed by atoms with van der Waals surface area (Å²) >= 11 is 11.1. The molecule has 0 atom stereocenters. The minimum absolute atomic E-state index is 0.208. The quantitative estimate of drug-likeness (QED) is 0.0850. The number of hydrogen-bond acceptors (Lipinski definition) is 4. The van der Waals surface area contributed by atoms with Gasteiger partial charge in [-0.3, -0.25) is 19.2 Å². The lowest BCUT2D eigenvalue weighted by atomic mass is 9.94. The van der Waals surface area contributed by atoms with E-state index in [9.17, 15) is 19.2 Å². The number of ketones is 2. The third kappa shape index (κ3) is 8.24. The van der Waals surface area contributed by atoms with E-state index < -0.39 is 7.38 Å². The molecule has 0 saturated heterocycles. The van der Waals surface area contributed by atoms with Crippen LogP contribution in [0.2, 0.25) is 13.1 Å². The lowest BCUT2D eigenvalue weighted by molar-refractivity contribution is 0.100. The number of halogens is 2. The lowest BCUT2D eigenvalue weighted by Gasteiger charge is -2.14. The molecule has 0 aliphatic heterocycles. The Bertz CT molecular complexity index is 2170. The molecule has 6 rings (SSSR count). The van der Waals surface area contributed by atoms with E-state index in [1.165, 1.54) is 13.8 Å². The number of aryl methyl sites for hydroxylation is 1. The Kier molecular flexibility index (Phi) is 11.5. The zero-order chi connectivity index (χ0) is 34.3. The first kappa shape index (κ1) is 35.3. The van der Waals surface area contributed by atoms with Crippen molar-refractivity contribution in [2.75, 3.05) is 5.50 Å². The Morgan fingerprint density at radius 1 is 0.681 bits per heavy atom. The van der Waals surface area contributed by atoms with Gasteiger partial charge in [0.15, 0.2) is 19.0 Å². The largest absolute Gasteiger partial charge is 0.321 e. The third-order valence-electron chi connectivity index (χ3n) is 7.37. The van der Waals surface area contributed by atoms with Crippen LogP contribution in [0.15, 0.2) is 119 Å². The van der Waals surface area contributed by atoms with Gasteiger partial charge in [-0.15, -0.1) is 11.6 Å². The number of aromatic amines is 1. The van der Waals surface area contributed by atoms with Crippen LogP contribution >= 0.6 is 22.7 Å². The zero-order valence-electron chi connectivity index (χ0n) is 26.9. The van der Waals surface area contributed by atoms with E-state index >= 15 is 0 Å². The fraction of sp³-hybridized carbons (Fsp3) is 0.158. The van der Waals surface area contributed by atoms with Crippen LogP contribution in [0.5, 0.6) is 0 Å². The van der Waals surface area contributed by atoms with Crippen LogP contribution in [0.3, 0.4) is 0 Å². The maximum Gasteiger partial charge on any atom is 0.262 e. The van der Waals surface area contributed by atoms with Crippen LogP contribution in [-0.2, 0) is 7.05 Å². The monoisotopic (exact) mass is 682 g/mol. The molecule has 0 aliphatic carbocycles. The summed E-state index contributed by atoms with van der Waals surface area (Å²) in [7, 11) is 0.307. The summed E-state index contributed by atoms with van der Waals surface area (Å²) in [5, 5.41) is 1.79. The summed E-state index contributed by atoms with van der Waals surface area (Å²) < 4.78 is 1.54. The van der Waals surface area contributed by atoms with Crippen molar-refractivity contribution in [1.29, 1.82) is 0 Å². The van der Waals surface area contributed by atoms with Crippen LogP contribution in [0.4, 0.5) is 0 Å². The van der Waals surface area contributed by atoms with Gasteiger partial charge >= 0.3 is 0 Å². The number of nitrogens with one attached hydrogen (secondary N) is 1. The molecule has 47 heavy (non-hydrogen) atoms. The van der Waals surface area contributed by atoms with Crippen molar-refractivity contribution in [2.45, 2.75) is 26.9 Å². The fourth-order valence-corrected chi connectivity index (χ4v) is 5.21. The smallest absolute Gasteiger partial charge is 0.262 e. The van der Waals surface area contributed by atoms with Gasteiger partial charge in [0.25, 0.3) is 11.1 Å². The molecular formula is C38H36Cl2N2O4Si. The topological polar surface area (TPSA) is 89.0 Å². The maximum absolute atomic E-state index is 12.6. The second kappa shape index (κ2) is 15.4. The predicted octanol–water partition coefficient (Wildman–Crippen LogP) is 9.01. The number of aromatic nitrogens is 2. The van der Waals surface area contributed by atoms with Crippen LogP contribution in [0.25, 0.3) is 44.1 Å². The first-order chi connectivity index (χ1) is 22.4. The number of fused-ring (bicyclic) bond motifs is 2. The van der Waals surface area contributed by atoms with Crippen molar-refractivity contribution in [3.8, 4) is 22.3 Å². The van der Waals surface area contributed by atoms with Gasteiger partial charge in [0.2, 0.25) is 0 Å². The third-order valence-corrected chi connectivity index (χ3v) is 10.8. The lowest BCUT2D eigenvalue weighted by Crippen LogP contribution is -2.25. The Hall–Kier alpha value is -4.56. The van der Waals surface area contributed by atoms with E-state index in [0.717, 1.165) is 38.5 Å². The molecule has 2 heterocycles. The Morgan fingerprint density at radius 3 is 1.60 bits per heavy atom. The van der Waals surface area contributed by atoms with Crippen molar-refractivity contribution in [3.05, 3.63) is 141 Å². The van der Waals surface area contributed by atoms with Crippen molar-refractivity contribution >= 4 is 63.4 Å². The minimum Gasteiger partial charge on any atom is -0.321 e. The highest BCUT2D eigenvalue weighted by Gasteiger charge is 2.20. The van der Waals surface area contributed by atoms with Crippen molar-refractivity contribution in [1.82, 2.24) is 9.55 Å². The molecule has 0 unspecified atom stereocenters. The summed E-state index contributed by atoms with van der Waals surface area (Å²) in [5.74, 6) is -0.434. The first-order valence-electron chi connectivity index (χ1n) is 15.0. The number of para-hydroxylation sites is 2. The zero-order valence-corrected chi connectivity index (χ0v) is 29.4. The molecule has 0 aliphatic rings. The van der Waals surface area contributed by atoms with Crippen LogP contribution < -0.4 is 11.1 Å². The number of carbonyl (C=O) groups excluding carboxylic acids is 2. The van der Waals surface area contributed by atoms with Gasteiger partial charge in [-0.25, -0.2) is 0 Å². The molecule has 0 spiro atoms. The highest BCUT2D eigenvalue weighted by Crippen LogP contribution is 2.31. The van der Waals surface area contributed by atoms with Crippen molar-refractivity contribution < 1.29 is 9.59 Å². The molecule has 0 saturated carbocycles. The summed E-state index contributed by atoms with van der Waals surface area (Å²) in [6.07, 6.45) is 0. The summed E-state index contributed by atoms with van der Waals surface area (Å²) in [6.45, 7) is 6.90. The predicted molar refractivity (Wildman–Crippen MR) is 199 cm³/mol. The van der Waals surface area contributed by atoms with Gasteiger partial charge in [-0.1, -0.05) is 110 Å². The summed E-state index contributed by atoms with van der Waals surface area (Å²) in [4.78, 5) is 51.5. The van der Waals surface area contributed by atoms with E-state index in [1.54, 1.807) is 11.6 Å². The first-order valence-corrected chi connectivity index (χ1v) is 19.8. The van der Waals surface area contributed by atoms with Crippen LogP contribution in [0, 0.1) is 0 Å². The summed E-state index contributed by atoms with van der Waals surface area (Å²) in [5.41, 5.74) is 5.28. The van der Waals surface area contributed by atoms with Gasteiger partial charge in [-0.05, 0) is 37.1 Å². The van der Waals surface area contributed by atoms with Crippen LogP contribution in [0.1, 0.15) is 34.6 Å². The molecular weight excluding hydrogens is 647 g/mol. The maximum atomic E-state index is 12.6. The van der Waals surface area contributed by atoms with Gasteiger partial charge in [0, 0.05) is 40.0 Å². The van der Waals surface area contributed by atoms with E-state index in [4.69, 9.17) is 22.7 Å². The molecule has 0 radical (unpaired) electrons. The van der Waals surface area contributed by atoms with Gasteiger partial charge in [0.05, 0.1) is 16.6 Å². The van der Waals surface area contributed by atoms with E-state index in [0.29, 0.717) is 11.1 Å². The number of nitrogens with zero attached hydrogens (tertiary/aromatic N) is 1. The number of H-pyrrole nitrogens is 1. The molecule has 0 fully saturated rings. The fourth-order valence-electron chi connectivity index (χ4n) is 5.21. The standard InChI is InChI=1S/C18H15NO2.C17H13NO2.C3H8Cl2Si/c1-12(20)16-17(13-8-4-3-5-9-13)14-10-6-7-11-15(14)19(2)18(16)21;1-11(19)15-16(12-7-3-2-4-8-12)13-9-5-6-10-14(13)18-17(15)20;1-6(2,5)3-4/h3-11H,1-2H3;2-10H,1H3,(H,18,20);3H2,1-2H3. The second-order valence-corrected chi connectivity index (χ2v) is 19.2. The highest BCUT2D eigenvalue weighted by molar-refractivity contribution is 7.21. The number of pyridine rings is 2. The minimum atomic E-state index is -1.39. The average Bonchev–Trinajstić information content (AvgIpc) is 3.06. The normalized spacial score (nSPS) is 10.9. The number of benzene rings is 4. The molecule has 6 nitrogen and oxygen atoms in total. The summed E-state index contributed by atoms with van der Waals surface area (Å²) in [6, 6.07) is 34.3. The molecule has 9 heteroatoms.